The molecule has 8 heteroatoms. The summed E-state index contributed by atoms with van der Waals surface area (Å²) in [6.45, 7) is 4.99. The summed E-state index contributed by atoms with van der Waals surface area (Å²) in [5, 5.41) is 10.3. The van der Waals surface area contributed by atoms with Crippen molar-refractivity contribution in [3.63, 3.8) is 0 Å². The molecule has 0 radical (unpaired) electrons. The van der Waals surface area contributed by atoms with Crippen molar-refractivity contribution < 1.29 is 9.21 Å². The van der Waals surface area contributed by atoms with Crippen molar-refractivity contribution >= 4 is 45.9 Å². The second-order valence-electron chi connectivity index (χ2n) is 9.76. The third-order valence-corrected chi connectivity index (χ3v) is 6.57. The molecule has 0 saturated heterocycles. The molecule has 3 N–H and O–H groups in total. The number of benzene rings is 3. The standard InChI is InChI=1S/C31H30ClN5O2/c1-20(2)17-22-7-6-10-25(18-22)37-31(38)36-24-13-11-21(12-14-24)15-16-33-29-26-27(32)28(23-8-4-3-5-9-23)39-30(26)35-19-34-29/h3-14,18-20H,15-17H2,1-2H3,(H,33,34,35)(H2,36,37,38). The summed E-state index contributed by atoms with van der Waals surface area (Å²) in [5.74, 6) is 1.76. The average Bonchev–Trinajstić information content (AvgIpc) is 3.27. The zero-order valence-corrected chi connectivity index (χ0v) is 22.6. The van der Waals surface area contributed by atoms with Crippen LogP contribution in [0.15, 0.2) is 89.6 Å². The number of hydrogen-bond donors (Lipinski definition) is 3. The van der Waals surface area contributed by atoms with Gasteiger partial charge in [0.2, 0.25) is 5.71 Å². The number of fused-ring (bicyclic) bond motifs is 1. The highest BCUT2D eigenvalue weighted by atomic mass is 35.5. The highest BCUT2D eigenvalue weighted by Gasteiger charge is 2.19. The van der Waals surface area contributed by atoms with Crippen LogP contribution in [0.3, 0.4) is 0 Å². The van der Waals surface area contributed by atoms with Gasteiger partial charge in [0.15, 0.2) is 5.76 Å². The van der Waals surface area contributed by atoms with Gasteiger partial charge < -0.3 is 20.4 Å². The van der Waals surface area contributed by atoms with E-state index in [4.69, 9.17) is 16.0 Å². The molecule has 0 aliphatic rings. The molecule has 0 aliphatic heterocycles. The molecule has 5 rings (SSSR count). The lowest BCUT2D eigenvalue weighted by Crippen LogP contribution is -2.19. The highest BCUT2D eigenvalue weighted by Crippen LogP contribution is 2.39. The first-order valence-corrected chi connectivity index (χ1v) is 13.3. The summed E-state index contributed by atoms with van der Waals surface area (Å²) in [5.41, 5.74) is 5.14. The van der Waals surface area contributed by atoms with Gasteiger partial charge in [-0.3, -0.25) is 0 Å². The van der Waals surface area contributed by atoms with Crippen molar-refractivity contribution in [1.82, 2.24) is 9.97 Å². The van der Waals surface area contributed by atoms with Crippen molar-refractivity contribution in [2.75, 3.05) is 22.5 Å². The first-order chi connectivity index (χ1) is 19.0. The maximum absolute atomic E-state index is 12.5. The van der Waals surface area contributed by atoms with Crippen molar-refractivity contribution in [3.8, 4) is 11.3 Å². The third-order valence-electron chi connectivity index (χ3n) is 6.21. The first-order valence-electron chi connectivity index (χ1n) is 12.9. The smallest absolute Gasteiger partial charge is 0.323 e. The number of halogens is 1. The van der Waals surface area contributed by atoms with Crippen LogP contribution < -0.4 is 16.0 Å². The van der Waals surface area contributed by atoms with Gasteiger partial charge in [0.25, 0.3) is 0 Å². The summed E-state index contributed by atoms with van der Waals surface area (Å²) in [6, 6.07) is 25.2. The molecular formula is C31H30ClN5O2. The monoisotopic (exact) mass is 539 g/mol. The van der Waals surface area contributed by atoms with Gasteiger partial charge in [0.05, 0.1) is 0 Å². The van der Waals surface area contributed by atoms with E-state index in [-0.39, 0.29) is 6.03 Å². The van der Waals surface area contributed by atoms with E-state index in [1.165, 1.54) is 11.9 Å². The lowest BCUT2D eigenvalue weighted by molar-refractivity contribution is 0.262. The Bertz CT molecular complexity index is 1570. The minimum absolute atomic E-state index is 0.272. The van der Waals surface area contributed by atoms with Crippen molar-refractivity contribution in [2.45, 2.75) is 26.7 Å². The molecule has 0 aliphatic carbocycles. The Balaban J connectivity index is 1.17. The van der Waals surface area contributed by atoms with E-state index in [1.54, 1.807) is 0 Å². The first kappa shape index (κ1) is 26.3. The zero-order valence-electron chi connectivity index (χ0n) is 21.9. The summed E-state index contributed by atoms with van der Waals surface area (Å²) >= 11 is 6.68. The quantitative estimate of drug-likeness (QED) is 0.176. The number of anilines is 3. The third kappa shape index (κ3) is 6.56. The summed E-state index contributed by atoms with van der Waals surface area (Å²) < 4.78 is 5.93. The van der Waals surface area contributed by atoms with Gasteiger partial charge in [0.1, 0.15) is 22.6 Å². The minimum Gasteiger partial charge on any atom is -0.436 e. The van der Waals surface area contributed by atoms with Gasteiger partial charge in [-0.2, -0.15) is 0 Å². The van der Waals surface area contributed by atoms with Gasteiger partial charge in [-0.25, -0.2) is 14.8 Å². The van der Waals surface area contributed by atoms with Crippen LogP contribution >= 0.6 is 11.6 Å². The van der Waals surface area contributed by atoms with Crippen LogP contribution in [0, 0.1) is 5.92 Å². The van der Waals surface area contributed by atoms with E-state index in [1.807, 2.05) is 72.8 Å². The SMILES string of the molecule is CC(C)Cc1cccc(NC(=O)Nc2ccc(CCNc3ncnc4oc(-c5ccccc5)c(Cl)c34)cc2)c1. The molecule has 0 spiro atoms. The van der Waals surface area contributed by atoms with Crippen LogP contribution in [-0.2, 0) is 12.8 Å². The highest BCUT2D eigenvalue weighted by molar-refractivity contribution is 6.38. The molecule has 0 saturated carbocycles. The second kappa shape index (κ2) is 12.0. The van der Waals surface area contributed by atoms with E-state index in [9.17, 15) is 4.79 Å². The lowest BCUT2D eigenvalue weighted by Gasteiger charge is -2.11. The molecule has 2 amide bonds. The molecular weight excluding hydrogens is 510 g/mol. The topological polar surface area (TPSA) is 92.1 Å². The number of amides is 2. The summed E-state index contributed by atoms with van der Waals surface area (Å²) in [6.07, 6.45) is 3.19. The average molecular weight is 540 g/mol. The molecule has 3 aromatic carbocycles. The van der Waals surface area contributed by atoms with Crippen LogP contribution in [0.1, 0.15) is 25.0 Å². The van der Waals surface area contributed by atoms with E-state index >= 15 is 0 Å². The van der Waals surface area contributed by atoms with Gasteiger partial charge in [-0.15, -0.1) is 0 Å². The van der Waals surface area contributed by atoms with Crippen molar-refractivity contribution in [1.29, 1.82) is 0 Å². The summed E-state index contributed by atoms with van der Waals surface area (Å²) in [4.78, 5) is 21.1. The lowest BCUT2D eigenvalue weighted by atomic mass is 10.0. The fraction of sp³-hybridized carbons (Fsp3) is 0.194. The number of carbonyl (C=O) groups is 1. The van der Waals surface area contributed by atoms with Crippen molar-refractivity contribution in [2.24, 2.45) is 5.92 Å². The Morgan fingerprint density at radius 3 is 2.44 bits per heavy atom. The number of rotatable bonds is 9. The number of hydrogen-bond acceptors (Lipinski definition) is 5. The molecule has 0 bridgehead atoms. The summed E-state index contributed by atoms with van der Waals surface area (Å²) in [7, 11) is 0. The molecule has 5 aromatic rings. The van der Waals surface area contributed by atoms with Crippen LogP contribution in [0.4, 0.5) is 22.0 Å². The van der Waals surface area contributed by atoms with Gasteiger partial charge in [-0.05, 0) is 54.2 Å². The maximum atomic E-state index is 12.5. The van der Waals surface area contributed by atoms with E-state index < -0.39 is 0 Å². The van der Waals surface area contributed by atoms with Crippen LogP contribution in [-0.4, -0.2) is 22.5 Å². The predicted molar refractivity (Wildman–Crippen MR) is 159 cm³/mol. The normalized spacial score (nSPS) is 11.1. The number of aromatic nitrogens is 2. The number of carbonyl (C=O) groups excluding carboxylic acids is 1. The largest absolute Gasteiger partial charge is 0.436 e. The molecule has 39 heavy (non-hydrogen) atoms. The van der Waals surface area contributed by atoms with Gasteiger partial charge in [-0.1, -0.05) is 80.0 Å². The molecule has 0 atom stereocenters. The van der Waals surface area contributed by atoms with E-state index in [0.29, 0.717) is 40.2 Å². The molecule has 2 heterocycles. The minimum atomic E-state index is -0.272. The Kier molecular flexibility index (Phi) is 8.08. The second-order valence-corrected chi connectivity index (χ2v) is 10.1. The Morgan fingerprint density at radius 1 is 0.897 bits per heavy atom. The molecule has 0 fully saturated rings. The van der Waals surface area contributed by atoms with Crippen LogP contribution in [0.5, 0.6) is 0 Å². The van der Waals surface area contributed by atoms with E-state index in [2.05, 4.69) is 45.8 Å². The molecule has 0 unspecified atom stereocenters. The van der Waals surface area contributed by atoms with Crippen LogP contribution in [0.2, 0.25) is 5.02 Å². The molecule has 7 nitrogen and oxygen atoms in total. The maximum Gasteiger partial charge on any atom is 0.323 e. The fourth-order valence-corrected chi connectivity index (χ4v) is 4.75. The predicted octanol–water partition coefficient (Wildman–Crippen LogP) is 8.04. The van der Waals surface area contributed by atoms with Gasteiger partial charge in [0, 0.05) is 23.5 Å². The van der Waals surface area contributed by atoms with Crippen LogP contribution in [0.25, 0.3) is 22.4 Å². The Morgan fingerprint density at radius 2 is 1.67 bits per heavy atom. The fourth-order valence-electron chi connectivity index (χ4n) is 4.43. The van der Waals surface area contributed by atoms with Gasteiger partial charge >= 0.3 is 6.03 Å². The zero-order chi connectivity index (χ0) is 27.2. The van der Waals surface area contributed by atoms with Crippen molar-refractivity contribution in [3.05, 3.63) is 101 Å². The Labute approximate surface area is 232 Å². The molecule has 198 valence electrons. The van der Waals surface area contributed by atoms with E-state index in [0.717, 1.165) is 35.3 Å². The number of nitrogens with zero attached hydrogens (tertiary/aromatic N) is 2. The number of nitrogens with one attached hydrogen (secondary N) is 3. The Hall–Kier alpha value is -4.36. The number of furan rings is 1. The number of urea groups is 1. The molecule has 2 aromatic heterocycles.